The van der Waals surface area contributed by atoms with Crippen molar-refractivity contribution in [1.29, 1.82) is 0 Å². The van der Waals surface area contributed by atoms with Crippen LogP contribution in [0.4, 0.5) is 0 Å². The van der Waals surface area contributed by atoms with Gasteiger partial charge in [0.1, 0.15) is 0 Å². The molecule has 0 aliphatic carbocycles. The van der Waals surface area contributed by atoms with E-state index in [0.717, 1.165) is 39.3 Å². The lowest BCUT2D eigenvalue weighted by molar-refractivity contribution is -0.131. The van der Waals surface area contributed by atoms with E-state index in [-0.39, 0.29) is 25.2 Å². The first-order valence-electron chi connectivity index (χ1n) is 10.1. The number of benzene rings is 1. The summed E-state index contributed by atoms with van der Waals surface area (Å²) in [7, 11) is 0. The second-order valence-electron chi connectivity index (χ2n) is 7.52. The molecule has 0 bridgehead atoms. The Morgan fingerprint density at radius 1 is 0.893 bits per heavy atom. The molecule has 1 aromatic rings. The fourth-order valence-corrected chi connectivity index (χ4v) is 3.92. The lowest BCUT2D eigenvalue weighted by Gasteiger charge is -2.35. The minimum Gasteiger partial charge on any atom is -0.454 e. The molecule has 8 nitrogen and oxygen atoms in total. The number of fused-ring (bicyclic) bond motifs is 1. The number of ether oxygens (including phenoxy) is 2. The van der Waals surface area contributed by atoms with Gasteiger partial charge in [-0.15, -0.1) is 0 Å². The van der Waals surface area contributed by atoms with Gasteiger partial charge in [-0.05, 0) is 44.1 Å². The molecule has 0 radical (unpaired) electrons. The first-order chi connectivity index (χ1) is 13.7. The summed E-state index contributed by atoms with van der Waals surface area (Å²) in [5, 5.41) is 2.71. The first-order valence-corrected chi connectivity index (χ1v) is 10.1. The van der Waals surface area contributed by atoms with Crippen molar-refractivity contribution in [3.63, 3.8) is 0 Å². The van der Waals surface area contributed by atoms with E-state index in [1.807, 2.05) is 4.90 Å². The van der Waals surface area contributed by atoms with Crippen molar-refractivity contribution in [2.24, 2.45) is 0 Å². The third-order valence-corrected chi connectivity index (χ3v) is 5.69. The zero-order valence-electron chi connectivity index (χ0n) is 16.2. The Bertz CT molecular complexity index is 712. The van der Waals surface area contributed by atoms with Gasteiger partial charge in [0.25, 0.3) is 5.91 Å². The van der Waals surface area contributed by atoms with E-state index in [0.29, 0.717) is 17.1 Å². The third kappa shape index (κ3) is 4.56. The predicted molar refractivity (Wildman–Crippen MR) is 104 cm³/mol. The summed E-state index contributed by atoms with van der Waals surface area (Å²) in [4.78, 5) is 31.5. The maximum absolute atomic E-state index is 12.4. The molecule has 0 aromatic heterocycles. The molecule has 0 unspecified atom stereocenters. The number of likely N-dealkylation sites (tertiary alicyclic amines) is 1. The molecular formula is C20H28N4O4. The second-order valence-corrected chi connectivity index (χ2v) is 7.52. The van der Waals surface area contributed by atoms with Crippen molar-refractivity contribution in [3.8, 4) is 11.5 Å². The molecular weight excluding hydrogens is 360 g/mol. The highest BCUT2D eigenvalue weighted by Gasteiger charge is 2.23. The van der Waals surface area contributed by atoms with Crippen molar-refractivity contribution in [2.75, 3.05) is 65.7 Å². The zero-order valence-corrected chi connectivity index (χ0v) is 16.2. The largest absolute Gasteiger partial charge is 0.454 e. The van der Waals surface area contributed by atoms with Crippen molar-refractivity contribution >= 4 is 11.8 Å². The Morgan fingerprint density at radius 2 is 1.57 bits per heavy atom. The molecule has 1 aromatic carbocycles. The fourth-order valence-electron chi connectivity index (χ4n) is 3.92. The summed E-state index contributed by atoms with van der Waals surface area (Å²) >= 11 is 0. The smallest absolute Gasteiger partial charge is 0.251 e. The van der Waals surface area contributed by atoms with Crippen LogP contribution in [0, 0.1) is 0 Å². The highest BCUT2D eigenvalue weighted by atomic mass is 16.7. The molecule has 4 rings (SSSR count). The quantitative estimate of drug-likeness (QED) is 0.760. The van der Waals surface area contributed by atoms with E-state index in [2.05, 4.69) is 15.1 Å². The second kappa shape index (κ2) is 8.79. The molecule has 0 atom stereocenters. The van der Waals surface area contributed by atoms with Gasteiger partial charge in [-0.3, -0.25) is 14.5 Å². The van der Waals surface area contributed by atoms with Crippen molar-refractivity contribution in [3.05, 3.63) is 23.8 Å². The minimum atomic E-state index is -0.282. The van der Waals surface area contributed by atoms with Gasteiger partial charge in [0.2, 0.25) is 12.7 Å². The zero-order chi connectivity index (χ0) is 19.3. The van der Waals surface area contributed by atoms with E-state index in [1.165, 1.54) is 25.9 Å². The van der Waals surface area contributed by atoms with Crippen LogP contribution in [0.25, 0.3) is 0 Å². The van der Waals surface area contributed by atoms with Crippen LogP contribution in [0.2, 0.25) is 0 Å². The molecule has 2 saturated heterocycles. The number of nitrogens with zero attached hydrogens (tertiary/aromatic N) is 3. The maximum Gasteiger partial charge on any atom is 0.251 e. The van der Waals surface area contributed by atoms with Crippen LogP contribution in [0.3, 0.4) is 0 Å². The van der Waals surface area contributed by atoms with Gasteiger partial charge < -0.3 is 24.6 Å². The molecule has 2 amide bonds. The molecule has 28 heavy (non-hydrogen) atoms. The van der Waals surface area contributed by atoms with Gasteiger partial charge in [-0.1, -0.05) is 0 Å². The van der Waals surface area contributed by atoms with Crippen LogP contribution in [-0.2, 0) is 4.79 Å². The average molecular weight is 388 g/mol. The Balaban J connectivity index is 1.18. The summed E-state index contributed by atoms with van der Waals surface area (Å²) in [6.07, 6.45) is 2.64. The van der Waals surface area contributed by atoms with Crippen molar-refractivity contribution in [2.45, 2.75) is 12.8 Å². The highest BCUT2D eigenvalue weighted by Crippen LogP contribution is 2.32. The van der Waals surface area contributed by atoms with Crippen LogP contribution < -0.4 is 14.8 Å². The fraction of sp³-hybridized carbons (Fsp3) is 0.600. The summed E-state index contributed by atoms with van der Waals surface area (Å²) in [5.74, 6) is 0.878. The van der Waals surface area contributed by atoms with Gasteiger partial charge in [-0.25, -0.2) is 0 Å². The number of carbonyl (C=O) groups is 2. The lowest BCUT2D eigenvalue weighted by Crippen LogP contribution is -2.52. The number of carbonyl (C=O) groups excluding carboxylic acids is 2. The van der Waals surface area contributed by atoms with Crippen molar-refractivity contribution < 1.29 is 19.1 Å². The molecule has 8 heteroatoms. The monoisotopic (exact) mass is 388 g/mol. The average Bonchev–Trinajstić information content (AvgIpc) is 3.41. The molecule has 1 N–H and O–H groups in total. The number of hydrogen-bond donors (Lipinski definition) is 1. The number of hydrogen-bond acceptors (Lipinski definition) is 6. The molecule has 3 aliphatic heterocycles. The lowest BCUT2D eigenvalue weighted by atomic mass is 10.2. The number of nitrogens with one attached hydrogen (secondary N) is 1. The summed E-state index contributed by atoms with van der Waals surface area (Å²) in [6.45, 7) is 8.07. The number of rotatable bonds is 6. The number of amides is 2. The molecule has 3 aliphatic rings. The summed E-state index contributed by atoms with van der Waals surface area (Å²) in [6, 6.07) is 5.02. The van der Waals surface area contributed by atoms with Crippen LogP contribution in [-0.4, -0.2) is 92.2 Å². The van der Waals surface area contributed by atoms with Crippen molar-refractivity contribution in [1.82, 2.24) is 20.0 Å². The molecule has 0 saturated carbocycles. The van der Waals surface area contributed by atoms with E-state index < -0.39 is 0 Å². The van der Waals surface area contributed by atoms with Gasteiger partial charge in [-0.2, -0.15) is 0 Å². The SMILES string of the molecule is O=C(NCC(=O)N1CCN(CCN2CCCC2)CC1)c1ccc2c(c1)OCO2. The Labute approximate surface area is 165 Å². The van der Waals surface area contributed by atoms with Crippen LogP contribution >= 0.6 is 0 Å². The van der Waals surface area contributed by atoms with Gasteiger partial charge in [0, 0.05) is 44.8 Å². The van der Waals surface area contributed by atoms with Crippen LogP contribution in [0.5, 0.6) is 11.5 Å². The van der Waals surface area contributed by atoms with E-state index in [9.17, 15) is 9.59 Å². The molecule has 2 fully saturated rings. The number of piperazine rings is 1. The normalized spacial score (nSPS) is 19.8. The third-order valence-electron chi connectivity index (χ3n) is 5.69. The predicted octanol–water partition coefficient (Wildman–Crippen LogP) is 0.385. The van der Waals surface area contributed by atoms with Gasteiger partial charge >= 0.3 is 0 Å². The highest BCUT2D eigenvalue weighted by molar-refractivity contribution is 5.97. The Morgan fingerprint density at radius 3 is 2.32 bits per heavy atom. The van der Waals surface area contributed by atoms with Gasteiger partial charge in [0.15, 0.2) is 11.5 Å². The summed E-state index contributed by atoms with van der Waals surface area (Å²) in [5.41, 5.74) is 0.462. The minimum absolute atomic E-state index is 0.0149. The topological polar surface area (TPSA) is 74.4 Å². The Hall–Kier alpha value is -2.32. The van der Waals surface area contributed by atoms with Crippen LogP contribution in [0.1, 0.15) is 23.2 Å². The molecule has 0 spiro atoms. The first kappa shape index (κ1) is 19.0. The van der Waals surface area contributed by atoms with Gasteiger partial charge in [0.05, 0.1) is 6.54 Å². The maximum atomic E-state index is 12.4. The summed E-state index contributed by atoms with van der Waals surface area (Å²) < 4.78 is 10.5. The van der Waals surface area contributed by atoms with Crippen LogP contribution in [0.15, 0.2) is 18.2 Å². The van der Waals surface area contributed by atoms with E-state index in [4.69, 9.17) is 9.47 Å². The molecule has 152 valence electrons. The standard InChI is InChI=1S/C20H28N4O4/c25-19(14-21-20(26)16-3-4-17-18(13-16)28-15-27-17)24-11-9-23(10-12-24)8-7-22-5-1-2-6-22/h3-4,13H,1-2,5-12,14-15H2,(H,21,26). The Kier molecular flexibility index (Phi) is 5.97. The van der Waals surface area contributed by atoms with E-state index >= 15 is 0 Å². The molecule has 3 heterocycles. The van der Waals surface area contributed by atoms with E-state index in [1.54, 1.807) is 18.2 Å².